The first kappa shape index (κ1) is 12.7. The van der Waals surface area contributed by atoms with E-state index >= 15 is 0 Å². The Balaban J connectivity index is 3.04. The van der Waals surface area contributed by atoms with Gasteiger partial charge in [-0.15, -0.1) is 11.6 Å². The van der Waals surface area contributed by atoms with E-state index in [2.05, 4.69) is 24.8 Å². The third-order valence-corrected chi connectivity index (χ3v) is 3.07. The molecule has 0 bridgehead atoms. The molecule has 0 spiro atoms. The lowest BCUT2D eigenvalue weighted by atomic mass is 10.1. The molecule has 0 aliphatic rings. The van der Waals surface area contributed by atoms with Gasteiger partial charge in [-0.05, 0) is 25.5 Å². The van der Waals surface area contributed by atoms with Crippen molar-refractivity contribution in [2.24, 2.45) is 0 Å². The Morgan fingerprint density at radius 2 is 2.00 bits per heavy atom. The minimum absolute atomic E-state index is 0.467. The zero-order valence-electron chi connectivity index (χ0n) is 9.26. The Kier molecular flexibility index (Phi) is 5.27. The molecule has 0 saturated heterocycles. The monoisotopic (exact) mass is 245 g/mol. The molecule has 1 rings (SSSR count). The molecule has 84 valence electrons. The molecule has 0 N–H and O–H groups in total. The molecule has 1 aromatic rings. The molecule has 3 heteroatoms. The van der Waals surface area contributed by atoms with Gasteiger partial charge >= 0.3 is 0 Å². The van der Waals surface area contributed by atoms with Crippen LogP contribution in [0.25, 0.3) is 0 Å². The standard InChI is InChI=1S/C12H17Cl2N/c1-3-8-15(4-2)12-7-5-6-11(14)10(12)9-13/h5-7H,3-4,8-9H2,1-2H3. The van der Waals surface area contributed by atoms with Crippen LogP contribution in [0.5, 0.6) is 0 Å². The molecule has 0 aromatic heterocycles. The lowest BCUT2D eigenvalue weighted by molar-refractivity contribution is 0.788. The first-order valence-corrected chi connectivity index (χ1v) is 6.24. The Morgan fingerprint density at radius 3 is 2.53 bits per heavy atom. The van der Waals surface area contributed by atoms with E-state index in [9.17, 15) is 0 Å². The zero-order chi connectivity index (χ0) is 11.3. The smallest absolute Gasteiger partial charge is 0.0509 e. The van der Waals surface area contributed by atoms with E-state index in [4.69, 9.17) is 23.2 Å². The predicted octanol–water partition coefficient (Wildman–Crippen LogP) is 4.32. The fourth-order valence-electron chi connectivity index (χ4n) is 1.69. The van der Waals surface area contributed by atoms with Crippen molar-refractivity contribution in [3.05, 3.63) is 28.8 Å². The number of hydrogen-bond donors (Lipinski definition) is 0. The van der Waals surface area contributed by atoms with Gasteiger partial charge < -0.3 is 4.90 Å². The molecule has 0 saturated carbocycles. The third-order valence-electron chi connectivity index (χ3n) is 2.44. The van der Waals surface area contributed by atoms with Gasteiger partial charge in [0.05, 0.1) is 5.88 Å². The highest BCUT2D eigenvalue weighted by molar-refractivity contribution is 6.32. The van der Waals surface area contributed by atoms with E-state index in [1.165, 1.54) is 5.69 Å². The molecule has 0 heterocycles. The van der Waals surface area contributed by atoms with Crippen molar-refractivity contribution in [1.82, 2.24) is 0 Å². The average molecular weight is 246 g/mol. The second-order valence-corrected chi connectivity index (χ2v) is 4.13. The van der Waals surface area contributed by atoms with E-state index in [0.717, 1.165) is 30.1 Å². The van der Waals surface area contributed by atoms with Crippen molar-refractivity contribution < 1.29 is 0 Å². The van der Waals surface area contributed by atoms with Crippen molar-refractivity contribution >= 4 is 28.9 Å². The first-order valence-electron chi connectivity index (χ1n) is 5.32. The summed E-state index contributed by atoms with van der Waals surface area (Å²) >= 11 is 12.0. The minimum Gasteiger partial charge on any atom is -0.372 e. The Hall–Kier alpha value is -0.400. The van der Waals surface area contributed by atoms with Crippen LogP contribution in [0.15, 0.2) is 18.2 Å². The Morgan fingerprint density at radius 1 is 1.27 bits per heavy atom. The Labute approximate surface area is 102 Å². The number of nitrogens with zero attached hydrogens (tertiary/aromatic N) is 1. The summed E-state index contributed by atoms with van der Waals surface area (Å²) in [4.78, 5) is 2.31. The number of alkyl halides is 1. The number of anilines is 1. The minimum atomic E-state index is 0.467. The largest absolute Gasteiger partial charge is 0.372 e. The molecule has 1 nitrogen and oxygen atoms in total. The normalized spacial score (nSPS) is 10.4. The highest BCUT2D eigenvalue weighted by Gasteiger charge is 2.10. The second kappa shape index (κ2) is 6.24. The topological polar surface area (TPSA) is 3.24 Å². The van der Waals surface area contributed by atoms with E-state index in [1.807, 2.05) is 12.1 Å². The highest BCUT2D eigenvalue weighted by atomic mass is 35.5. The SMILES string of the molecule is CCCN(CC)c1cccc(Cl)c1CCl. The fraction of sp³-hybridized carbons (Fsp3) is 0.500. The molecule has 15 heavy (non-hydrogen) atoms. The summed E-state index contributed by atoms with van der Waals surface area (Å²) in [7, 11) is 0. The summed E-state index contributed by atoms with van der Waals surface area (Å²) < 4.78 is 0. The molecule has 0 aliphatic carbocycles. The van der Waals surface area contributed by atoms with E-state index < -0.39 is 0 Å². The van der Waals surface area contributed by atoms with Gasteiger partial charge in [-0.3, -0.25) is 0 Å². The number of benzene rings is 1. The van der Waals surface area contributed by atoms with Crippen LogP contribution in [0.1, 0.15) is 25.8 Å². The first-order chi connectivity index (χ1) is 7.24. The maximum absolute atomic E-state index is 6.12. The van der Waals surface area contributed by atoms with Crippen LogP contribution in [0.2, 0.25) is 5.02 Å². The van der Waals surface area contributed by atoms with E-state index in [1.54, 1.807) is 0 Å². The molecule has 0 atom stereocenters. The van der Waals surface area contributed by atoms with Gasteiger partial charge in [-0.25, -0.2) is 0 Å². The second-order valence-electron chi connectivity index (χ2n) is 3.45. The highest BCUT2D eigenvalue weighted by Crippen LogP contribution is 2.29. The van der Waals surface area contributed by atoms with Crippen LogP contribution < -0.4 is 4.90 Å². The van der Waals surface area contributed by atoms with Crippen LogP contribution in [-0.2, 0) is 5.88 Å². The number of halogens is 2. The van der Waals surface area contributed by atoms with Crippen molar-refractivity contribution in [3.8, 4) is 0 Å². The van der Waals surface area contributed by atoms with Gasteiger partial charge in [-0.1, -0.05) is 24.6 Å². The molecule has 0 radical (unpaired) electrons. The number of hydrogen-bond acceptors (Lipinski definition) is 1. The molecule has 0 fully saturated rings. The van der Waals surface area contributed by atoms with E-state index in [-0.39, 0.29) is 0 Å². The van der Waals surface area contributed by atoms with Gasteiger partial charge in [0.2, 0.25) is 0 Å². The predicted molar refractivity (Wildman–Crippen MR) is 69.2 cm³/mol. The summed E-state index contributed by atoms with van der Waals surface area (Å²) in [5, 5.41) is 0.761. The lowest BCUT2D eigenvalue weighted by Gasteiger charge is -2.25. The fourth-order valence-corrected chi connectivity index (χ4v) is 2.28. The zero-order valence-corrected chi connectivity index (χ0v) is 10.8. The summed E-state index contributed by atoms with van der Waals surface area (Å²) in [6.07, 6.45) is 1.13. The van der Waals surface area contributed by atoms with Crippen LogP contribution >= 0.6 is 23.2 Å². The summed E-state index contributed by atoms with van der Waals surface area (Å²) in [6.45, 7) is 6.35. The maximum atomic E-state index is 6.12. The lowest BCUT2D eigenvalue weighted by Crippen LogP contribution is -2.24. The van der Waals surface area contributed by atoms with Gasteiger partial charge in [0, 0.05) is 29.4 Å². The van der Waals surface area contributed by atoms with Crippen LogP contribution in [-0.4, -0.2) is 13.1 Å². The molecular weight excluding hydrogens is 229 g/mol. The summed E-state index contributed by atoms with van der Waals surface area (Å²) in [5.74, 6) is 0.467. The average Bonchev–Trinajstić information content (AvgIpc) is 2.25. The Bertz CT molecular complexity index is 312. The van der Waals surface area contributed by atoms with Crippen molar-refractivity contribution in [2.45, 2.75) is 26.1 Å². The van der Waals surface area contributed by atoms with Crippen molar-refractivity contribution in [2.75, 3.05) is 18.0 Å². The van der Waals surface area contributed by atoms with Gasteiger partial charge in [0.15, 0.2) is 0 Å². The molecule has 0 aliphatic heterocycles. The van der Waals surface area contributed by atoms with Crippen LogP contribution in [0.4, 0.5) is 5.69 Å². The maximum Gasteiger partial charge on any atom is 0.0509 e. The van der Waals surface area contributed by atoms with E-state index in [0.29, 0.717) is 5.88 Å². The van der Waals surface area contributed by atoms with Crippen molar-refractivity contribution in [3.63, 3.8) is 0 Å². The van der Waals surface area contributed by atoms with Crippen molar-refractivity contribution in [1.29, 1.82) is 0 Å². The summed E-state index contributed by atoms with van der Waals surface area (Å²) in [6, 6.07) is 5.96. The molecule has 0 amide bonds. The summed E-state index contributed by atoms with van der Waals surface area (Å²) in [5.41, 5.74) is 2.21. The molecule has 1 aromatic carbocycles. The van der Waals surface area contributed by atoms with Gasteiger partial charge in [0.25, 0.3) is 0 Å². The molecular formula is C12H17Cl2N. The van der Waals surface area contributed by atoms with Gasteiger partial charge in [0.1, 0.15) is 0 Å². The van der Waals surface area contributed by atoms with Gasteiger partial charge in [-0.2, -0.15) is 0 Å². The quantitative estimate of drug-likeness (QED) is 0.699. The third kappa shape index (κ3) is 3.02. The van der Waals surface area contributed by atoms with Crippen LogP contribution in [0, 0.1) is 0 Å². The van der Waals surface area contributed by atoms with Crippen LogP contribution in [0.3, 0.4) is 0 Å². The molecule has 0 unspecified atom stereocenters. The number of rotatable bonds is 5.